The van der Waals surface area contributed by atoms with Gasteiger partial charge in [0, 0.05) is 13.1 Å². The van der Waals surface area contributed by atoms with Crippen LogP contribution in [0.4, 0.5) is 0 Å². The van der Waals surface area contributed by atoms with Gasteiger partial charge in [0.05, 0.1) is 0 Å². The van der Waals surface area contributed by atoms with Gasteiger partial charge in [0.25, 0.3) is 0 Å². The molecule has 2 aliphatic rings. The highest BCUT2D eigenvalue weighted by atomic mass is 15.1. The van der Waals surface area contributed by atoms with Gasteiger partial charge in [-0.2, -0.15) is 0 Å². The minimum Gasteiger partial charge on any atom is -0.316 e. The highest BCUT2D eigenvalue weighted by Crippen LogP contribution is 2.35. The summed E-state index contributed by atoms with van der Waals surface area (Å²) in [7, 11) is 0. The van der Waals surface area contributed by atoms with Gasteiger partial charge in [0.1, 0.15) is 0 Å². The molecule has 1 spiro atoms. The molecule has 0 radical (unpaired) electrons. The lowest BCUT2D eigenvalue weighted by Gasteiger charge is -2.48. The van der Waals surface area contributed by atoms with Crippen LogP contribution in [0, 0.1) is 10.8 Å². The first-order chi connectivity index (χ1) is 6.99. The van der Waals surface area contributed by atoms with Crippen LogP contribution in [0.5, 0.6) is 0 Å². The van der Waals surface area contributed by atoms with E-state index in [1.807, 2.05) is 0 Å². The lowest BCUT2D eigenvalue weighted by Crippen LogP contribution is -2.58. The van der Waals surface area contributed by atoms with Crippen molar-refractivity contribution in [1.29, 1.82) is 0 Å². The molecule has 2 saturated heterocycles. The second kappa shape index (κ2) is 4.06. The Bertz CT molecular complexity index is 203. The largest absolute Gasteiger partial charge is 0.316 e. The molecular formula is C13H26N2. The summed E-state index contributed by atoms with van der Waals surface area (Å²) in [6.07, 6.45) is 4.17. The van der Waals surface area contributed by atoms with E-state index >= 15 is 0 Å². The molecule has 0 atom stereocenters. The average molecular weight is 210 g/mol. The quantitative estimate of drug-likeness (QED) is 0.751. The molecule has 0 aromatic heterocycles. The van der Waals surface area contributed by atoms with E-state index in [-0.39, 0.29) is 0 Å². The van der Waals surface area contributed by atoms with Gasteiger partial charge in [-0.05, 0) is 49.7 Å². The molecule has 0 bridgehead atoms. The number of hydrogen-bond acceptors (Lipinski definition) is 2. The summed E-state index contributed by atoms with van der Waals surface area (Å²) in [5, 5.41) is 3.42. The van der Waals surface area contributed by atoms with Crippen LogP contribution in [0.15, 0.2) is 0 Å². The summed E-state index contributed by atoms with van der Waals surface area (Å²) in [5.74, 6) is 0. The van der Waals surface area contributed by atoms with Crippen LogP contribution in [-0.2, 0) is 0 Å². The monoisotopic (exact) mass is 210 g/mol. The number of piperidine rings is 1. The highest BCUT2D eigenvalue weighted by Gasteiger charge is 2.39. The van der Waals surface area contributed by atoms with Crippen molar-refractivity contribution < 1.29 is 0 Å². The van der Waals surface area contributed by atoms with Gasteiger partial charge >= 0.3 is 0 Å². The van der Waals surface area contributed by atoms with Gasteiger partial charge in [-0.3, -0.25) is 0 Å². The van der Waals surface area contributed by atoms with Crippen molar-refractivity contribution >= 4 is 0 Å². The third kappa shape index (κ3) is 2.94. The number of likely N-dealkylation sites (tertiary alicyclic amines) is 1. The lowest BCUT2D eigenvalue weighted by atomic mass is 9.73. The lowest BCUT2D eigenvalue weighted by molar-refractivity contribution is 0.0508. The van der Waals surface area contributed by atoms with Crippen LogP contribution in [0.3, 0.4) is 0 Å². The summed E-state index contributed by atoms with van der Waals surface area (Å²) in [6.45, 7) is 13.5. The summed E-state index contributed by atoms with van der Waals surface area (Å²) < 4.78 is 0. The van der Waals surface area contributed by atoms with Gasteiger partial charge in [-0.25, -0.2) is 0 Å². The molecule has 2 heterocycles. The van der Waals surface area contributed by atoms with Crippen LogP contribution < -0.4 is 5.32 Å². The molecular weight excluding hydrogens is 184 g/mol. The van der Waals surface area contributed by atoms with Crippen LogP contribution in [0.2, 0.25) is 0 Å². The zero-order valence-corrected chi connectivity index (χ0v) is 10.6. The standard InChI is InChI=1S/C13H26N2/c1-12(2,3)4-7-15-8-5-13(6-9-15)10-14-11-13/h14H,4-11H2,1-3H3. The number of nitrogens with one attached hydrogen (secondary N) is 1. The minimum atomic E-state index is 0.493. The summed E-state index contributed by atoms with van der Waals surface area (Å²) in [5.41, 5.74) is 1.20. The van der Waals surface area contributed by atoms with E-state index in [9.17, 15) is 0 Å². The highest BCUT2D eigenvalue weighted by molar-refractivity contribution is 4.95. The fourth-order valence-corrected chi connectivity index (χ4v) is 2.58. The Kier molecular flexibility index (Phi) is 3.09. The minimum absolute atomic E-state index is 0.493. The van der Waals surface area contributed by atoms with Gasteiger partial charge in [0.2, 0.25) is 0 Å². The SMILES string of the molecule is CC(C)(C)CCN1CCC2(CC1)CNC2. The zero-order valence-electron chi connectivity index (χ0n) is 10.6. The molecule has 1 N–H and O–H groups in total. The van der Waals surface area contributed by atoms with E-state index in [0.717, 1.165) is 0 Å². The Hall–Kier alpha value is -0.0800. The fourth-order valence-electron chi connectivity index (χ4n) is 2.58. The number of hydrogen-bond donors (Lipinski definition) is 1. The molecule has 0 aliphatic carbocycles. The second-order valence-corrected chi connectivity index (χ2v) is 6.76. The van der Waals surface area contributed by atoms with Gasteiger partial charge in [-0.15, -0.1) is 0 Å². The Labute approximate surface area is 94.4 Å². The molecule has 88 valence electrons. The molecule has 2 fully saturated rings. The Morgan fingerprint density at radius 2 is 1.73 bits per heavy atom. The fraction of sp³-hybridized carbons (Fsp3) is 1.00. The molecule has 0 aromatic rings. The van der Waals surface area contributed by atoms with E-state index in [1.165, 1.54) is 52.0 Å². The first-order valence-electron chi connectivity index (χ1n) is 6.42. The molecule has 0 saturated carbocycles. The van der Waals surface area contributed by atoms with Crippen molar-refractivity contribution in [3.05, 3.63) is 0 Å². The van der Waals surface area contributed by atoms with E-state index in [4.69, 9.17) is 0 Å². The Morgan fingerprint density at radius 1 is 1.13 bits per heavy atom. The molecule has 0 aromatic carbocycles. The van der Waals surface area contributed by atoms with E-state index < -0.39 is 0 Å². The van der Waals surface area contributed by atoms with Gasteiger partial charge < -0.3 is 10.2 Å². The van der Waals surface area contributed by atoms with Crippen LogP contribution in [0.25, 0.3) is 0 Å². The Balaban J connectivity index is 1.69. The molecule has 2 rings (SSSR count). The van der Waals surface area contributed by atoms with Crippen molar-refractivity contribution in [1.82, 2.24) is 10.2 Å². The second-order valence-electron chi connectivity index (χ2n) is 6.76. The molecule has 0 amide bonds. The van der Waals surface area contributed by atoms with Crippen molar-refractivity contribution in [3.63, 3.8) is 0 Å². The first kappa shape index (κ1) is 11.4. The first-order valence-corrected chi connectivity index (χ1v) is 6.42. The van der Waals surface area contributed by atoms with Gasteiger partial charge in [-0.1, -0.05) is 20.8 Å². The summed E-state index contributed by atoms with van der Waals surface area (Å²) in [4.78, 5) is 2.66. The Morgan fingerprint density at radius 3 is 2.13 bits per heavy atom. The van der Waals surface area contributed by atoms with E-state index in [1.54, 1.807) is 0 Å². The van der Waals surface area contributed by atoms with Crippen LogP contribution >= 0.6 is 0 Å². The van der Waals surface area contributed by atoms with E-state index in [0.29, 0.717) is 10.8 Å². The molecule has 2 heteroatoms. The van der Waals surface area contributed by atoms with Crippen molar-refractivity contribution in [2.75, 3.05) is 32.7 Å². The third-order valence-corrected chi connectivity index (χ3v) is 4.09. The zero-order chi connectivity index (χ0) is 10.9. The molecule has 0 unspecified atom stereocenters. The number of rotatable bonds is 2. The van der Waals surface area contributed by atoms with Crippen molar-refractivity contribution in [2.24, 2.45) is 10.8 Å². The van der Waals surface area contributed by atoms with Crippen molar-refractivity contribution in [3.8, 4) is 0 Å². The predicted octanol–water partition coefficient (Wildman–Crippen LogP) is 2.11. The van der Waals surface area contributed by atoms with Crippen LogP contribution in [0.1, 0.15) is 40.0 Å². The maximum absolute atomic E-state index is 3.42. The van der Waals surface area contributed by atoms with Crippen LogP contribution in [-0.4, -0.2) is 37.6 Å². The normalized spacial score (nSPS) is 26.6. The summed E-state index contributed by atoms with van der Waals surface area (Å²) in [6, 6.07) is 0. The predicted molar refractivity (Wildman–Crippen MR) is 65.0 cm³/mol. The third-order valence-electron chi connectivity index (χ3n) is 4.09. The van der Waals surface area contributed by atoms with E-state index in [2.05, 4.69) is 31.0 Å². The maximum Gasteiger partial charge on any atom is 0.00212 e. The topological polar surface area (TPSA) is 15.3 Å². The number of nitrogens with zero attached hydrogens (tertiary/aromatic N) is 1. The molecule has 2 aliphatic heterocycles. The smallest absolute Gasteiger partial charge is 0.00212 e. The van der Waals surface area contributed by atoms with Crippen molar-refractivity contribution in [2.45, 2.75) is 40.0 Å². The summed E-state index contributed by atoms with van der Waals surface area (Å²) >= 11 is 0. The maximum atomic E-state index is 3.42. The average Bonchev–Trinajstić information content (AvgIpc) is 2.12. The molecule has 15 heavy (non-hydrogen) atoms. The van der Waals surface area contributed by atoms with Gasteiger partial charge in [0.15, 0.2) is 0 Å². The molecule has 2 nitrogen and oxygen atoms in total.